The third-order valence-electron chi connectivity index (χ3n) is 2.71. The maximum atomic E-state index is 11.8. The average molecular weight is 310 g/mol. The molecule has 0 spiro atoms. The number of benzene rings is 1. The van der Waals surface area contributed by atoms with E-state index < -0.39 is 0 Å². The molecule has 1 aliphatic heterocycles. The zero-order valence-electron chi connectivity index (χ0n) is 11.6. The molecule has 0 saturated heterocycles. The molecule has 20 heavy (non-hydrogen) atoms. The van der Waals surface area contributed by atoms with Crippen LogP contribution in [0.4, 0.5) is 5.69 Å². The van der Waals surface area contributed by atoms with Crippen LogP contribution in [0.3, 0.4) is 0 Å². The molecule has 1 aromatic rings. The van der Waals surface area contributed by atoms with Gasteiger partial charge in [-0.1, -0.05) is 41.7 Å². The summed E-state index contributed by atoms with van der Waals surface area (Å²) in [5.41, 5.74) is 2.27. The molecule has 0 bridgehead atoms. The molecule has 0 radical (unpaired) electrons. The molecular formula is C14H18N2O2S2. The Hall–Kier alpha value is -0.980. The normalized spacial score (nSPS) is 15.2. The van der Waals surface area contributed by atoms with Gasteiger partial charge in [0.15, 0.2) is 0 Å². The molecule has 1 heterocycles. The van der Waals surface area contributed by atoms with Crippen molar-refractivity contribution >= 4 is 39.5 Å². The van der Waals surface area contributed by atoms with Crippen LogP contribution in [0.5, 0.6) is 0 Å². The highest BCUT2D eigenvalue weighted by molar-refractivity contribution is 8.38. The van der Waals surface area contributed by atoms with Crippen LogP contribution in [0.2, 0.25) is 0 Å². The van der Waals surface area contributed by atoms with E-state index in [-0.39, 0.29) is 11.9 Å². The van der Waals surface area contributed by atoms with E-state index in [0.29, 0.717) is 12.4 Å². The summed E-state index contributed by atoms with van der Waals surface area (Å²) < 4.78 is 5.95. The van der Waals surface area contributed by atoms with E-state index in [4.69, 9.17) is 4.74 Å². The highest BCUT2D eigenvalue weighted by atomic mass is 32.2. The standard InChI is InChI=1S/C14H18N2O2S2/c1-10(7-18-2)15-13(17)9-20-14-16-12-6-4-3-5-11(12)8-19-14/h3-6,10H,7-9H2,1-2H3,(H,15,17)/t10-/m0/s1. The molecule has 6 heteroatoms. The topological polar surface area (TPSA) is 50.7 Å². The number of thioether (sulfide) groups is 2. The number of hydrogen-bond donors (Lipinski definition) is 1. The van der Waals surface area contributed by atoms with Crippen molar-refractivity contribution in [2.45, 2.75) is 18.7 Å². The molecule has 108 valence electrons. The zero-order chi connectivity index (χ0) is 14.4. The second-order valence-electron chi connectivity index (χ2n) is 4.51. The van der Waals surface area contributed by atoms with Gasteiger partial charge in [0, 0.05) is 18.9 Å². The van der Waals surface area contributed by atoms with Crippen LogP contribution in [0.15, 0.2) is 29.3 Å². The monoisotopic (exact) mass is 310 g/mol. The van der Waals surface area contributed by atoms with Gasteiger partial charge in [-0.3, -0.25) is 4.79 Å². The number of carbonyl (C=O) groups is 1. The second-order valence-corrected chi connectivity index (χ2v) is 6.69. The largest absolute Gasteiger partial charge is 0.383 e. The van der Waals surface area contributed by atoms with E-state index in [1.807, 2.05) is 25.1 Å². The van der Waals surface area contributed by atoms with Crippen molar-refractivity contribution in [2.75, 3.05) is 19.5 Å². The van der Waals surface area contributed by atoms with Gasteiger partial charge < -0.3 is 10.1 Å². The molecule has 0 aliphatic carbocycles. The lowest BCUT2D eigenvalue weighted by Gasteiger charge is -2.15. The Morgan fingerprint density at radius 3 is 3.15 bits per heavy atom. The van der Waals surface area contributed by atoms with Gasteiger partial charge in [-0.15, -0.1) is 0 Å². The van der Waals surface area contributed by atoms with Crippen LogP contribution in [-0.4, -0.2) is 35.8 Å². The average Bonchev–Trinajstić information content (AvgIpc) is 2.45. The fourth-order valence-electron chi connectivity index (χ4n) is 1.82. The number of hydrogen-bond acceptors (Lipinski definition) is 5. The van der Waals surface area contributed by atoms with Gasteiger partial charge in [-0.05, 0) is 18.6 Å². The molecule has 0 aromatic heterocycles. The predicted octanol–water partition coefficient (Wildman–Crippen LogP) is 2.81. The van der Waals surface area contributed by atoms with Crippen LogP contribution in [0.25, 0.3) is 0 Å². The number of amides is 1. The fraction of sp³-hybridized carbons (Fsp3) is 0.429. The number of rotatable bonds is 5. The predicted molar refractivity (Wildman–Crippen MR) is 86.8 cm³/mol. The number of fused-ring (bicyclic) bond motifs is 1. The van der Waals surface area contributed by atoms with Gasteiger partial charge >= 0.3 is 0 Å². The van der Waals surface area contributed by atoms with E-state index >= 15 is 0 Å². The summed E-state index contributed by atoms with van der Waals surface area (Å²) >= 11 is 3.17. The van der Waals surface area contributed by atoms with E-state index in [1.54, 1.807) is 18.9 Å². The summed E-state index contributed by atoms with van der Waals surface area (Å²) in [4.78, 5) is 16.3. The van der Waals surface area contributed by atoms with E-state index in [9.17, 15) is 4.79 Å². The van der Waals surface area contributed by atoms with Crippen LogP contribution in [0, 0.1) is 0 Å². The molecule has 1 N–H and O–H groups in total. The van der Waals surface area contributed by atoms with E-state index in [1.165, 1.54) is 17.3 Å². The Morgan fingerprint density at radius 2 is 2.35 bits per heavy atom. The van der Waals surface area contributed by atoms with Gasteiger partial charge in [0.2, 0.25) is 5.91 Å². The van der Waals surface area contributed by atoms with Crippen LogP contribution in [0.1, 0.15) is 12.5 Å². The van der Waals surface area contributed by atoms with Crippen molar-refractivity contribution in [3.63, 3.8) is 0 Å². The van der Waals surface area contributed by atoms with Crippen LogP contribution >= 0.6 is 23.5 Å². The van der Waals surface area contributed by atoms with Crippen molar-refractivity contribution in [3.8, 4) is 0 Å². The molecule has 1 amide bonds. The highest BCUT2D eigenvalue weighted by Gasteiger charge is 2.14. The van der Waals surface area contributed by atoms with Gasteiger partial charge in [-0.2, -0.15) is 0 Å². The van der Waals surface area contributed by atoms with Gasteiger partial charge in [0.25, 0.3) is 0 Å². The lowest BCUT2D eigenvalue weighted by molar-refractivity contribution is -0.119. The molecule has 4 nitrogen and oxygen atoms in total. The molecule has 0 saturated carbocycles. The highest BCUT2D eigenvalue weighted by Crippen LogP contribution is 2.34. The third-order valence-corrected chi connectivity index (χ3v) is 4.95. The molecule has 1 aromatic carbocycles. The first kappa shape index (κ1) is 15.4. The molecule has 1 aliphatic rings. The summed E-state index contributed by atoms with van der Waals surface area (Å²) in [5, 5.41) is 2.89. The Labute approximate surface area is 127 Å². The summed E-state index contributed by atoms with van der Waals surface area (Å²) in [6.07, 6.45) is 0. The van der Waals surface area contributed by atoms with Crippen LogP contribution in [-0.2, 0) is 15.3 Å². The number of nitrogens with one attached hydrogen (secondary N) is 1. The van der Waals surface area contributed by atoms with Crippen LogP contribution < -0.4 is 5.32 Å². The van der Waals surface area contributed by atoms with Crippen molar-refractivity contribution in [2.24, 2.45) is 4.99 Å². The number of carbonyl (C=O) groups excluding carboxylic acids is 1. The van der Waals surface area contributed by atoms with Crippen molar-refractivity contribution in [1.82, 2.24) is 5.32 Å². The number of methoxy groups -OCH3 is 1. The van der Waals surface area contributed by atoms with Gasteiger partial charge in [0.05, 0.1) is 18.0 Å². The van der Waals surface area contributed by atoms with E-state index in [0.717, 1.165) is 15.8 Å². The maximum absolute atomic E-state index is 11.8. The molecule has 0 unspecified atom stereocenters. The summed E-state index contributed by atoms with van der Waals surface area (Å²) in [7, 11) is 1.63. The Morgan fingerprint density at radius 1 is 1.55 bits per heavy atom. The summed E-state index contributed by atoms with van der Waals surface area (Å²) in [6, 6.07) is 8.15. The van der Waals surface area contributed by atoms with Crippen molar-refractivity contribution in [3.05, 3.63) is 29.8 Å². The van der Waals surface area contributed by atoms with Gasteiger partial charge in [-0.25, -0.2) is 4.99 Å². The Balaban J connectivity index is 1.83. The number of para-hydroxylation sites is 1. The molecule has 0 fully saturated rings. The fourth-order valence-corrected chi connectivity index (χ4v) is 3.70. The first-order valence-corrected chi connectivity index (χ1v) is 8.36. The number of aliphatic imine (C=N–C) groups is 1. The quantitative estimate of drug-likeness (QED) is 0.908. The maximum Gasteiger partial charge on any atom is 0.230 e. The summed E-state index contributed by atoms with van der Waals surface area (Å²) in [6.45, 7) is 2.45. The SMILES string of the molecule is COC[C@H](C)NC(=O)CSC1=Nc2ccccc2CS1. The van der Waals surface area contributed by atoms with Gasteiger partial charge in [0.1, 0.15) is 4.38 Å². The first-order valence-electron chi connectivity index (χ1n) is 6.39. The summed E-state index contributed by atoms with van der Waals surface area (Å²) in [5.74, 6) is 1.33. The minimum Gasteiger partial charge on any atom is -0.383 e. The zero-order valence-corrected chi connectivity index (χ0v) is 13.2. The Kier molecular flexibility index (Phi) is 5.94. The molecule has 2 rings (SSSR count). The Bertz CT molecular complexity index is 506. The first-order chi connectivity index (χ1) is 9.69. The minimum atomic E-state index is 0.0155. The minimum absolute atomic E-state index is 0.0155. The van der Waals surface area contributed by atoms with E-state index in [2.05, 4.69) is 16.4 Å². The molecular weight excluding hydrogens is 292 g/mol. The van der Waals surface area contributed by atoms with Crippen molar-refractivity contribution in [1.29, 1.82) is 0 Å². The molecule has 1 atom stereocenters. The smallest absolute Gasteiger partial charge is 0.230 e. The van der Waals surface area contributed by atoms with Crippen molar-refractivity contribution < 1.29 is 9.53 Å². The lowest BCUT2D eigenvalue weighted by Crippen LogP contribution is -2.36. The second kappa shape index (κ2) is 7.71. The lowest BCUT2D eigenvalue weighted by atomic mass is 10.2. The number of ether oxygens (including phenoxy) is 1. The number of nitrogens with zero attached hydrogens (tertiary/aromatic N) is 1. The third kappa shape index (κ3) is 4.54.